The lowest BCUT2D eigenvalue weighted by Gasteiger charge is -2.17. The second-order valence-electron chi connectivity index (χ2n) is 6.05. The highest BCUT2D eigenvalue weighted by molar-refractivity contribution is 5.90. The summed E-state index contributed by atoms with van der Waals surface area (Å²) in [5, 5.41) is 14.6. The van der Waals surface area contributed by atoms with Crippen molar-refractivity contribution < 1.29 is 4.79 Å². The molecule has 1 aliphatic rings. The van der Waals surface area contributed by atoms with E-state index in [1.54, 1.807) is 6.20 Å². The number of nitrogens with one attached hydrogen (secondary N) is 2. The molecule has 1 unspecified atom stereocenters. The fraction of sp³-hybridized carbons (Fsp3) is 0.316. The third kappa shape index (κ3) is 3.89. The minimum absolute atomic E-state index is 0.133. The molecular weight excluding hydrogens is 314 g/mol. The molecule has 3 rings (SSSR count). The summed E-state index contributed by atoms with van der Waals surface area (Å²) >= 11 is 0. The van der Waals surface area contributed by atoms with Gasteiger partial charge in [-0.2, -0.15) is 5.26 Å². The van der Waals surface area contributed by atoms with E-state index in [2.05, 4.69) is 32.7 Å². The monoisotopic (exact) mass is 335 g/mol. The van der Waals surface area contributed by atoms with Crippen LogP contribution in [0.2, 0.25) is 0 Å². The second kappa shape index (κ2) is 7.67. The van der Waals surface area contributed by atoms with Gasteiger partial charge in [-0.3, -0.25) is 0 Å². The highest BCUT2D eigenvalue weighted by Gasteiger charge is 2.23. The predicted molar refractivity (Wildman–Crippen MR) is 97.0 cm³/mol. The Morgan fingerprint density at radius 3 is 2.92 bits per heavy atom. The lowest BCUT2D eigenvalue weighted by molar-refractivity contribution is 0.248. The number of hydrogen-bond acceptors (Lipinski definition) is 4. The Labute approximate surface area is 147 Å². The number of hydrogen-bond donors (Lipinski definition) is 2. The summed E-state index contributed by atoms with van der Waals surface area (Å²) in [4.78, 5) is 18.8. The lowest BCUT2D eigenvalue weighted by atomic mass is 10.1. The Morgan fingerprint density at radius 1 is 1.32 bits per heavy atom. The molecule has 0 saturated carbocycles. The van der Waals surface area contributed by atoms with Crippen LogP contribution in [0.1, 0.15) is 30.9 Å². The van der Waals surface area contributed by atoms with Gasteiger partial charge in [0.25, 0.3) is 0 Å². The van der Waals surface area contributed by atoms with E-state index in [9.17, 15) is 4.79 Å². The number of pyridine rings is 1. The normalized spacial score (nSPS) is 13.7. The number of carbonyl (C=O) groups excluding carboxylic acids is 1. The van der Waals surface area contributed by atoms with Crippen molar-refractivity contribution in [1.82, 2.24) is 10.3 Å². The topological polar surface area (TPSA) is 81.0 Å². The molecule has 2 amide bonds. The number of rotatable bonds is 5. The third-order valence-corrected chi connectivity index (χ3v) is 4.37. The van der Waals surface area contributed by atoms with Crippen molar-refractivity contribution >= 4 is 17.5 Å². The van der Waals surface area contributed by atoms with Gasteiger partial charge in [0.1, 0.15) is 5.82 Å². The number of urea groups is 1. The standard InChI is InChI=1S/C19H21N5O/c1-2-15(9-10-20)22-19(25)23-17-7-5-6-14-12-24(13-16(14)17)18-8-3-4-11-21-18/h3-8,11,15H,2,9,12-13H2,1H3,(H2,22,23,25). The first-order valence-electron chi connectivity index (χ1n) is 8.42. The molecule has 2 aromatic rings. The first kappa shape index (κ1) is 16.8. The van der Waals surface area contributed by atoms with Crippen LogP contribution in [0, 0.1) is 11.3 Å². The van der Waals surface area contributed by atoms with Gasteiger partial charge >= 0.3 is 6.03 Å². The van der Waals surface area contributed by atoms with Crippen LogP contribution in [0.5, 0.6) is 0 Å². The van der Waals surface area contributed by atoms with Gasteiger partial charge in [-0.15, -0.1) is 0 Å². The summed E-state index contributed by atoms with van der Waals surface area (Å²) in [6, 6.07) is 13.5. The maximum Gasteiger partial charge on any atom is 0.319 e. The summed E-state index contributed by atoms with van der Waals surface area (Å²) in [5.41, 5.74) is 3.10. The molecule has 2 heterocycles. The molecule has 25 heavy (non-hydrogen) atoms. The maximum atomic E-state index is 12.3. The minimum atomic E-state index is -0.271. The molecular formula is C19H21N5O. The first-order valence-corrected chi connectivity index (χ1v) is 8.42. The number of nitriles is 1. The molecule has 6 heteroatoms. The number of nitrogens with zero attached hydrogens (tertiary/aromatic N) is 3. The smallest absolute Gasteiger partial charge is 0.319 e. The molecule has 1 aliphatic heterocycles. The summed E-state index contributed by atoms with van der Waals surface area (Å²) < 4.78 is 0. The summed E-state index contributed by atoms with van der Waals surface area (Å²) in [7, 11) is 0. The average molecular weight is 335 g/mol. The van der Waals surface area contributed by atoms with Crippen molar-refractivity contribution in [2.24, 2.45) is 0 Å². The van der Waals surface area contributed by atoms with Crippen LogP contribution in [0.15, 0.2) is 42.6 Å². The van der Waals surface area contributed by atoms with Crippen LogP contribution in [0.4, 0.5) is 16.3 Å². The SMILES string of the molecule is CCC(CC#N)NC(=O)Nc1cccc2c1CN(c1ccccn1)C2. The fourth-order valence-electron chi connectivity index (χ4n) is 2.99. The van der Waals surface area contributed by atoms with E-state index >= 15 is 0 Å². The summed E-state index contributed by atoms with van der Waals surface area (Å²) in [6.45, 7) is 3.43. The summed E-state index contributed by atoms with van der Waals surface area (Å²) in [6.07, 6.45) is 2.82. The predicted octanol–water partition coefficient (Wildman–Crippen LogP) is 3.42. The molecule has 0 saturated heterocycles. The molecule has 0 fully saturated rings. The van der Waals surface area contributed by atoms with Gasteiger partial charge in [-0.05, 0) is 30.2 Å². The van der Waals surface area contributed by atoms with E-state index < -0.39 is 0 Å². The van der Waals surface area contributed by atoms with E-state index in [4.69, 9.17) is 5.26 Å². The van der Waals surface area contributed by atoms with Crippen LogP contribution >= 0.6 is 0 Å². The van der Waals surface area contributed by atoms with E-state index in [0.29, 0.717) is 13.0 Å². The molecule has 6 nitrogen and oxygen atoms in total. The van der Waals surface area contributed by atoms with Crippen LogP contribution in [0.25, 0.3) is 0 Å². The average Bonchev–Trinajstić information content (AvgIpc) is 3.07. The number of amides is 2. The van der Waals surface area contributed by atoms with Crippen molar-refractivity contribution in [2.75, 3.05) is 10.2 Å². The van der Waals surface area contributed by atoms with E-state index in [0.717, 1.165) is 30.0 Å². The number of benzene rings is 1. The molecule has 2 N–H and O–H groups in total. The Morgan fingerprint density at radius 2 is 2.20 bits per heavy atom. The Balaban J connectivity index is 1.71. The number of fused-ring (bicyclic) bond motifs is 1. The van der Waals surface area contributed by atoms with Gasteiger partial charge in [0.05, 0.1) is 12.5 Å². The Bertz CT molecular complexity index is 784. The molecule has 0 spiro atoms. The Hall–Kier alpha value is -3.07. The van der Waals surface area contributed by atoms with Crippen molar-refractivity contribution in [2.45, 2.75) is 38.9 Å². The van der Waals surface area contributed by atoms with Crippen LogP contribution < -0.4 is 15.5 Å². The number of carbonyl (C=O) groups is 1. The zero-order valence-electron chi connectivity index (χ0n) is 14.2. The second-order valence-corrected chi connectivity index (χ2v) is 6.05. The summed E-state index contributed by atoms with van der Waals surface area (Å²) in [5.74, 6) is 0.925. The van der Waals surface area contributed by atoms with Crippen LogP contribution in [-0.2, 0) is 13.1 Å². The maximum absolute atomic E-state index is 12.3. The highest BCUT2D eigenvalue weighted by atomic mass is 16.2. The minimum Gasteiger partial charge on any atom is -0.348 e. The molecule has 1 atom stereocenters. The van der Waals surface area contributed by atoms with Crippen molar-refractivity contribution in [3.63, 3.8) is 0 Å². The molecule has 0 radical (unpaired) electrons. The van der Waals surface area contributed by atoms with Crippen LogP contribution in [0.3, 0.4) is 0 Å². The van der Waals surface area contributed by atoms with Crippen molar-refractivity contribution in [1.29, 1.82) is 5.26 Å². The molecule has 128 valence electrons. The van der Waals surface area contributed by atoms with Gasteiger partial charge < -0.3 is 15.5 Å². The first-order chi connectivity index (χ1) is 12.2. The fourth-order valence-corrected chi connectivity index (χ4v) is 2.99. The number of aromatic nitrogens is 1. The van der Waals surface area contributed by atoms with E-state index in [-0.39, 0.29) is 12.1 Å². The quantitative estimate of drug-likeness (QED) is 0.877. The highest BCUT2D eigenvalue weighted by Crippen LogP contribution is 2.31. The zero-order valence-corrected chi connectivity index (χ0v) is 14.2. The molecule has 0 aliphatic carbocycles. The molecule has 1 aromatic heterocycles. The molecule has 1 aromatic carbocycles. The molecule has 0 bridgehead atoms. The van der Waals surface area contributed by atoms with Gasteiger partial charge in [0.15, 0.2) is 0 Å². The third-order valence-electron chi connectivity index (χ3n) is 4.37. The van der Waals surface area contributed by atoms with Crippen molar-refractivity contribution in [3.8, 4) is 6.07 Å². The van der Waals surface area contributed by atoms with E-state index in [1.165, 1.54) is 5.56 Å². The van der Waals surface area contributed by atoms with Gasteiger partial charge in [-0.25, -0.2) is 9.78 Å². The van der Waals surface area contributed by atoms with Crippen molar-refractivity contribution in [3.05, 3.63) is 53.7 Å². The zero-order chi connectivity index (χ0) is 17.6. The van der Waals surface area contributed by atoms with Gasteiger partial charge in [-0.1, -0.05) is 25.1 Å². The number of anilines is 2. The Kier molecular flexibility index (Phi) is 5.14. The largest absolute Gasteiger partial charge is 0.348 e. The van der Waals surface area contributed by atoms with Gasteiger partial charge in [0.2, 0.25) is 0 Å². The van der Waals surface area contributed by atoms with E-state index in [1.807, 2.05) is 37.3 Å². The lowest BCUT2D eigenvalue weighted by Crippen LogP contribution is -2.37. The van der Waals surface area contributed by atoms with Crippen LogP contribution in [-0.4, -0.2) is 17.1 Å². The van der Waals surface area contributed by atoms with Gasteiger partial charge in [0, 0.05) is 36.6 Å².